The molecule has 2 amide bonds. The van der Waals surface area contributed by atoms with E-state index in [9.17, 15) is 14.3 Å². The number of nitrogens with one attached hydrogen (secondary N) is 3. The van der Waals surface area contributed by atoms with Crippen LogP contribution >= 0.6 is 0 Å². The molecular formula is C17H24FN3O2. The second-order valence-electron chi connectivity index (χ2n) is 5.79. The van der Waals surface area contributed by atoms with Crippen LogP contribution in [0.15, 0.2) is 24.4 Å². The van der Waals surface area contributed by atoms with E-state index in [0.29, 0.717) is 25.8 Å². The molecule has 126 valence electrons. The molecule has 0 aliphatic heterocycles. The predicted octanol–water partition coefficient (Wildman–Crippen LogP) is 2.70. The van der Waals surface area contributed by atoms with E-state index in [1.165, 1.54) is 12.1 Å². The number of rotatable bonds is 7. The minimum Gasteiger partial charge on any atom is -0.388 e. The molecule has 0 spiro atoms. The van der Waals surface area contributed by atoms with E-state index >= 15 is 0 Å². The largest absolute Gasteiger partial charge is 0.388 e. The van der Waals surface area contributed by atoms with Crippen molar-refractivity contribution in [3.63, 3.8) is 0 Å². The van der Waals surface area contributed by atoms with Gasteiger partial charge >= 0.3 is 6.03 Å². The van der Waals surface area contributed by atoms with Crippen LogP contribution in [0.25, 0.3) is 10.9 Å². The van der Waals surface area contributed by atoms with Gasteiger partial charge in [-0.2, -0.15) is 0 Å². The average molecular weight is 321 g/mol. The quantitative estimate of drug-likeness (QED) is 0.633. The highest BCUT2D eigenvalue weighted by Gasteiger charge is 2.22. The van der Waals surface area contributed by atoms with Crippen molar-refractivity contribution in [3.05, 3.63) is 35.8 Å². The first-order valence-electron chi connectivity index (χ1n) is 7.97. The maximum atomic E-state index is 13.3. The topological polar surface area (TPSA) is 77.2 Å². The molecule has 6 heteroatoms. The van der Waals surface area contributed by atoms with Gasteiger partial charge < -0.3 is 20.7 Å². The predicted molar refractivity (Wildman–Crippen MR) is 88.9 cm³/mol. The van der Waals surface area contributed by atoms with Gasteiger partial charge in [0.1, 0.15) is 5.82 Å². The van der Waals surface area contributed by atoms with Crippen molar-refractivity contribution in [1.29, 1.82) is 0 Å². The maximum Gasteiger partial charge on any atom is 0.314 e. The van der Waals surface area contributed by atoms with Crippen LogP contribution < -0.4 is 10.6 Å². The highest BCUT2D eigenvalue weighted by Crippen LogP contribution is 2.19. The van der Waals surface area contributed by atoms with Crippen LogP contribution in [0.5, 0.6) is 0 Å². The molecule has 1 heterocycles. The van der Waals surface area contributed by atoms with Crippen LogP contribution in [0.3, 0.4) is 0 Å². The number of aromatic nitrogens is 1. The molecule has 1 aromatic heterocycles. The molecule has 0 fully saturated rings. The molecule has 0 unspecified atom stereocenters. The zero-order valence-electron chi connectivity index (χ0n) is 13.6. The Bertz CT molecular complexity index is 665. The summed E-state index contributed by atoms with van der Waals surface area (Å²) >= 11 is 0. The van der Waals surface area contributed by atoms with Gasteiger partial charge in [0.15, 0.2) is 0 Å². The smallest absolute Gasteiger partial charge is 0.314 e. The summed E-state index contributed by atoms with van der Waals surface area (Å²) in [5, 5.41) is 16.4. The number of aliphatic hydroxyl groups is 1. The Morgan fingerprint density at radius 2 is 2.04 bits per heavy atom. The fourth-order valence-electron chi connectivity index (χ4n) is 2.48. The van der Waals surface area contributed by atoms with Crippen molar-refractivity contribution < 1.29 is 14.3 Å². The molecule has 0 bridgehead atoms. The molecule has 2 rings (SSSR count). The van der Waals surface area contributed by atoms with Gasteiger partial charge in [0.25, 0.3) is 0 Å². The van der Waals surface area contributed by atoms with E-state index in [4.69, 9.17) is 0 Å². The van der Waals surface area contributed by atoms with Gasteiger partial charge in [-0.25, -0.2) is 9.18 Å². The molecule has 0 saturated carbocycles. The lowest BCUT2D eigenvalue weighted by Gasteiger charge is -2.25. The summed E-state index contributed by atoms with van der Waals surface area (Å²) in [6, 6.07) is 4.29. The Kier molecular flexibility index (Phi) is 5.60. The van der Waals surface area contributed by atoms with Crippen molar-refractivity contribution in [2.75, 3.05) is 13.1 Å². The molecule has 23 heavy (non-hydrogen) atoms. The number of carbonyl (C=O) groups excluding carboxylic acids is 1. The van der Waals surface area contributed by atoms with Crippen LogP contribution in [0.2, 0.25) is 0 Å². The molecule has 2 aromatic rings. The van der Waals surface area contributed by atoms with Crippen LogP contribution in [0, 0.1) is 5.82 Å². The van der Waals surface area contributed by atoms with Gasteiger partial charge in [0, 0.05) is 30.2 Å². The number of hydrogen-bond acceptors (Lipinski definition) is 2. The lowest BCUT2D eigenvalue weighted by Crippen LogP contribution is -2.46. The van der Waals surface area contributed by atoms with E-state index in [1.54, 1.807) is 6.07 Å². The summed E-state index contributed by atoms with van der Waals surface area (Å²) in [6.45, 7) is 4.44. The Morgan fingerprint density at radius 1 is 1.30 bits per heavy atom. The molecule has 0 aliphatic rings. The van der Waals surface area contributed by atoms with E-state index in [1.807, 2.05) is 20.0 Å². The third-order valence-electron chi connectivity index (χ3n) is 4.30. The summed E-state index contributed by atoms with van der Waals surface area (Å²) in [7, 11) is 0. The molecule has 0 saturated heterocycles. The van der Waals surface area contributed by atoms with E-state index in [2.05, 4.69) is 15.6 Å². The fourth-order valence-corrected chi connectivity index (χ4v) is 2.48. The summed E-state index contributed by atoms with van der Waals surface area (Å²) < 4.78 is 13.3. The van der Waals surface area contributed by atoms with Crippen molar-refractivity contribution in [1.82, 2.24) is 15.6 Å². The normalized spacial score (nSPS) is 11.7. The van der Waals surface area contributed by atoms with E-state index in [0.717, 1.165) is 16.5 Å². The van der Waals surface area contributed by atoms with E-state index in [-0.39, 0.29) is 18.4 Å². The van der Waals surface area contributed by atoms with Gasteiger partial charge in [0.05, 0.1) is 5.60 Å². The number of hydrogen-bond donors (Lipinski definition) is 4. The molecular weight excluding hydrogens is 297 g/mol. The fraction of sp³-hybridized carbons (Fsp3) is 0.471. The van der Waals surface area contributed by atoms with Crippen LogP contribution in [0.4, 0.5) is 9.18 Å². The lowest BCUT2D eigenvalue weighted by molar-refractivity contribution is 0.0349. The van der Waals surface area contributed by atoms with Crippen LogP contribution in [-0.2, 0) is 6.42 Å². The van der Waals surface area contributed by atoms with Gasteiger partial charge in [-0.15, -0.1) is 0 Å². The summed E-state index contributed by atoms with van der Waals surface area (Å²) in [5.74, 6) is -0.275. The minimum absolute atomic E-state index is 0.226. The van der Waals surface area contributed by atoms with Gasteiger partial charge in [-0.3, -0.25) is 0 Å². The molecule has 1 aromatic carbocycles. The molecule has 5 nitrogen and oxygen atoms in total. The number of halogens is 1. The summed E-state index contributed by atoms with van der Waals surface area (Å²) in [6.07, 6.45) is 3.61. The Hall–Kier alpha value is -2.08. The first-order valence-corrected chi connectivity index (χ1v) is 7.97. The number of urea groups is 1. The number of aromatic amines is 1. The van der Waals surface area contributed by atoms with Gasteiger partial charge in [-0.1, -0.05) is 13.8 Å². The second-order valence-corrected chi connectivity index (χ2v) is 5.79. The highest BCUT2D eigenvalue weighted by molar-refractivity contribution is 5.83. The summed E-state index contributed by atoms with van der Waals surface area (Å²) in [4.78, 5) is 14.9. The SMILES string of the molecule is CCC(O)(CC)CNC(=O)NCCc1c[nH]c2ccc(F)cc12. The number of amides is 2. The van der Waals surface area contributed by atoms with Crippen LogP contribution in [-0.4, -0.2) is 34.8 Å². The average Bonchev–Trinajstić information content (AvgIpc) is 2.95. The van der Waals surface area contributed by atoms with Gasteiger partial charge in [-0.05, 0) is 43.0 Å². The number of H-pyrrole nitrogens is 1. The number of benzene rings is 1. The highest BCUT2D eigenvalue weighted by atomic mass is 19.1. The zero-order valence-corrected chi connectivity index (χ0v) is 13.6. The number of fused-ring (bicyclic) bond motifs is 1. The van der Waals surface area contributed by atoms with E-state index < -0.39 is 5.60 Å². The summed E-state index contributed by atoms with van der Waals surface area (Å²) in [5.41, 5.74) is 0.978. The molecule has 0 radical (unpaired) electrons. The first kappa shape index (κ1) is 17.3. The molecule has 0 atom stereocenters. The zero-order chi connectivity index (χ0) is 16.9. The van der Waals surface area contributed by atoms with Crippen molar-refractivity contribution >= 4 is 16.9 Å². The third-order valence-corrected chi connectivity index (χ3v) is 4.30. The Labute approximate surface area is 135 Å². The Morgan fingerprint density at radius 3 is 2.74 bits per heavy atom. The standard InChI is InChI=1S/C17H24FN3O2/c1-3-17(23,4-2)11-21-16(22)19-8-7-12-10-20-15-6-5-13(18)9-14(12)15/h5-6,9-10,20,23H,3-4,7-8,11H2,1-2H3,(H2,19,21,22). The van der Waals surface area contributed by atoms with Crippen LogP contribution in [0.1, 0.15) is 32.3 Å². The monoisotopic (exact) mass is 321 g/mol. The molecule has 4 N–H and O–H groups in total. The minimum atomic E-state index is -0.855. The van der Waals surface area contributed by atoms with Crippen molar-refractivity contribution in [2.45, 2.75) is 38.7 Å². The third kappa shape index (κ3) is 4.45. The van der Waals surface area contributed by atoms with Gasteiger partial charge in [0.2, 0.25) is 0 Å². The molecule has 0 aliphatic carbocycles. The first-order chi connectivity index (χ1) is 11.0. The number of carbonyl (C=O) groups is 1. The maximum absolute atomic E-state index is 13.3. The second kappa shape index (κ2) is 7.46. The Balaban J connectivity index is 1.82. The lowest BCUT2D eigenvalue weighted by atomic mass is 9.98. The van der Waals surface area contributed by atoms with Crippen molar-refractivity contribution in [3.8, 4) is 0 Å². The van der Waals surface area contributed by atoms with Crippen molar-refractivity contribution in [2.24, 2.45) is 0 Å².